The van der Waals surface area contributed by atoms with Crippen LogP contribution in [0.25, 0.3) is 11.3 Å². The molecule has 2 aliphatic heterocycles. The molecular weight excluding hydrogens is 468 g/mol. The van der Waals surface area contributed by atoms with Gasteiger partial charge in [0.25, 0.3) is 5.91 Å². The summed E-state index contributed by atoms with van der Waals surface area (Å²) in [7, 11) is 1.57. The van der Waals surface area contributed by atoms with Gasteiger partial charge in [0.1, 0.15) is 5.75 Å². The number of nitrogens with one attached hydrogen (secondary N) is 3. The van der Waals surface area contributed by atoms with Crippen molar-refractivity contribution in [2.75, 3.05) is 25.6 Å². The van der Waals surface area contributed by atoms with Crippen LogP contribution < -0.4 is 20.1 Å². The minimum Gasteiger partial charge on any atom is -0.493 e. The van der Waals surface area contributed by atoms with Gasteiger partial charge in [-0.15, -0.1) is 0 Å². The number of halogens is 1. The molecule has 0 radical (unpaired) electrons. The third-order valence-corrected chi connectivity index (χ3v) is 6.70. The molecule has 1 amide bonds. The van der Waals surface area contributed by atoms with Crippen molar-refractivity contribution in [2.24, 2.45) is 0 Å². The molecular formula is C26H29ClN4O4. The number of H-pyrrole nitrogens is 1. The van der Waals surface area contributed by atoms with Gasteiger partial charge in [-0.05, 0) is 38.0 Å². The van der Waals surface area contributed by atoms with Gasteiger partial charge in [0.2, 0.25) is 0 Å². The van der Waals surface area contributed by atoms with E-state index in [0.29, 0.717) is 46.5 Å². The van der Waals surface area contributed by atoms with Crippen molar-refractivity contribution in [3.05, 3.63) is 52.9 Å². The predicted molar refractivity (Wildman–Crippen MR) is 135 cm³/mol. The summed E-state index contributed by atoms with van der Waals surface area (Å²) < 4.78 is 17.4. The molecule has 2 unspecified atom stereocenters. The Balaban J connectivity index is 1.54. The number of amides is 1. The number of aromatic nitrogens is 2. The van der Waals surface area contributed by atoms with Gasteiger partial charge in [0.15, 0.2) is 5.75 Å². The van der Waals surface area contributed by atoms with E-state index in [4.69, 9.17) is 25.8 Å². The minimum atomic E-state index is -0.139. The Labute approximate surface area is 209 Å². The normalized spacial score (nSPS) is 19.2. The van der Waals surface area contributed by atoms with Crippen LogP contribution in [0.1, 0.15) is 42.2 Å². The Bertz CT molecular complexity index is 1220. The van der Waals surface area contributed by atoms with Crippen molar-refractivity contribution in [3.8, 4) is 22.8 Å². The molecule has 184 valence electrons. The first-order valence-electron chi connectivity index (χ1n) is 11.9. The molecule has 3 aromatic rings. The molecule has 8 nitrogen and oxygen atoms in total. The predicted octanol–water partition coefficient (Wildman–Crippen LogP) is 5.10. The van der Waals surface area contributed by atoms with Crippen LogP contribution in [-0.2, 0) is 11.2 Å². The average molecular weight is 497 g/mol. The third kappa shape index (κ3) is 4.81. The summed E-state index contributed by atoms with van der Waals surface area (Å²) in [5.41, 5.74) is 4.29. The number of para-hydroxylation sites is 1. The smallest absolute Gasteiger partial charge is 0.255 e. The number of pyridine rings is 1. The monoisotopic (exact) mass is 496 g/mol. The highest BCUT2D eigenvalue weighted by Gasteiger charge is 2.31. The molecule has 2 atom stereocenters. The fourth-order valence-corrected chi connectivity index (χ4v) is 5.01. The topological polar surface area (TPSA) is 97.5 Å². The maximum absolute atomic E-state index is 13.1. The number of nitrogens with zero attached hydrogens (tertiary/aromatic N) is 1. The number of benzene rings is 1. The second-order valence-electron chi connectivity index (χ2n) is 8.90. The van der Waals surface area contributed by atoms with Crippen LogP contribution in [0.15, 0.2) is 36.7 Å². The molecule has 2 aromatic heterocycles. The first-order valence-corrected chi connectivity index (χ1v) is 12.3. The lowest BCUT2D eigenvalue weighted by atomic mass is 10.0. The fourth-order valence-electron chi connectivity index (χ4n) is 4.76. The van der Waals surface area contributed by atoms with Crippen molar-refractivity contribution in [1.82, 2.24) is 15.3 Å². The highest BCUT2D eigenvalue weighted by molar-refractivity contribution is 6.32. The quantitative estimate of drug-likeness (QED) is 0.401. The van der Waals surface area contributed by atoms with Gasteiger partial charge in [0.05, 0.1) is 53.7 Å². The molecule has 0 aliphatic carbocycles. The number of anilines is 2. The van der Waals surface area contributed by atoms with E-state index in [9.17, 15) is 4.79 Å². The van der Waals surface area contributed by atoms with Crippen LogP contribution in [0, 0.1) is 0 Å². The molecule has 1 fully saturated rings. The van der Waals surface area contributed by atoms with Gasteiger partial charge in [0, 0.05) is 42.9 Å². The summed E-state index contributed by atoms with van der Waals surface area (Å²) in [5.74, 6) is 1.00. The lowest BCUT2D eigenvalue weighted by Crippen LogP contribution is -2.39. The molecule has 9 heteroatoms. The lowest BCUT2D eigenvalue weighted by Gasteiger charge is -2.21. The number of hydrogen-bond acceptors (Lipinski definition) is 6. The Morgan fingerprint density at radius 2 is 2.20 bits per heavy atom. The van der Waals surface area contributed by atoms with Crippen LogP contribution in [-0.4, -0.2) is 48.3 Å². The average Bonchev–Trinajstić information content (AvgIpc) is 3.48. The van der Waals surface area contributed by atoms with E-state index in [0.717, 1.165) is 42.8 Å². The zero-order valence-electron chi connectivity index (χ0n) is 19.8. The van der Waals surface area contributed by atoms with Gasteiger partial charge in [-0.2, -0.15) is 0 Å². The highest BCUT2D eigenvalue weighted by Crippen LogP contribution is 2.43. The van der Waals surface area contributed by atoms with E-state index in [1.807, 2.05) is 25.1 Å². The summed E-state index contributed by atoms with van der Waals surface area (Å²) in [4.78, 5) is 20.9. The number of aromatic amines is 1. The van der Waals surface area contributed by atoms with Crippen molar-refractivity contribution in [3.63, 3.8) is 0 Å². The van der Waals surface area contributed by atoms with E-state index in [-0.39, 0.29) is 18.1 Å². The van der Waals surface area contributed by atoms with Crippen LogP contribution in [0.5, 0.6) is 11.5 Å². The highest BCUT2D eigenvalue weighted by atomic mass is 35.5. The van der Waals surface area contributed by atoms with E-state index in [2.05, 4.69) is 20.6 Å². The number of ether oxygens (including phenoxy) is 3. The van der Waals surface area contributed by atoms with Crippen LogP contribution in [0.4, 0.5) is 11.4 Å². The van der Waals surface area contributed by atoms with E-state index in [1.54, 1.807) is 25.6 Å². The van der Waals surface area contributed by atoms with Crippen LogP contribution >= 0.6 is 11.6 Å². The maximum Gasteiger partial charge on any atom is 0.255 e. The zero-order chi connectivity index (χ0) is 24.4. The molecule has 3 N–H and O–H groups in total. The minimum absolute atomic E-state index is 0.0228. The molecule has 0 bridgehead atoms. The lowest BCUT2D eigenvalue weighted by molar-refractivity contribution is 0.0903. The maximum atomic E-state index is 13.1. The zero-order valence-corrected chi connectivity index (χ0v) is 20.6. The first kappa shape index (κ1) is 23.5. The number of carbonyl (C=O) groups excluding carboxylic acids is 1. The van der Waals surface area contributed by atoms with Crippen molar-refractivity contribution >= 4 is 28.9 Å². The number of hydrogen-bond donors (Lipinski definition) is 3. The van der Waals surface area contributed by atoms with Gasteiger partial charge in [-0.3, -0.25) is 9.78 Å². The third-order valence-electron chi connectivity index (χ3n) is 6.40. The molecule has 0 saturated carbocycles. The van der Waals surface area contributed by atoms with Gasteiger partial charge >= 0.3 is 0 Å². The Hall–Kier alpha value is -3.23. The molecule has 35 heavy (non-hydrogen) atoms. The Morgan fingerprint density at radius 1 is 1.31 bits per heavy atom. The standard InChI is InChI=1S/C26H29ClN4O4/c1-15-13-20-22(26(32)29-15)24(30-19-7-3-6-18(27)25(19)33-2)23(31-20)17-8-10-28-14-21(17)35-12-9-16-5-4-11-34-16/h3,6-8,10,14-16,30-31H,4-5,9,11-13H2,1-2H3,(H,29,32). The molecule has 1 saturated heterocycles. The summed E-state index contributed by atoms with van der Waals surface area (Å²) >= 11 is 6.36. The van der Waals surface area contributed by atoms with Crippen LogP contribution in [0.2, 0.25) is 5.02 Å². The van der Waals surface area contributed by atoms with E-state index >= 15 is 0 Å². The number of methoxy groups -OCH3 is 1. The van der Waals surface area contributed by atoms with Gasteiger partial charge in [-0.1, -0.05) is 17.7 Å². The summed E-state index contributed by atoms with van der Waals surface area (Å²) in [6, 6.07) is 7.37. The first-order chi connectivity index (χ1) is 17.0. The van der Waals surface area contributed by atoms with Crippen LogP contribution in [0.3, 0.4) is 0 Å². The Morgan fingerprint density at radius 3 is 3.00 bits per heavy atom. The summed E-state index contributed by atoms with van der Waals surface area (Å²) in [6.45, 7) is 3.33. The van der Waals surface area contributed by atoms with Gasteiger partial charge < -0.3 is 29.8 Å². The van der Waals surface area contributed by atoms with Gasteiger partial charge in [-0.25, -0.2) is 0 Å². The Kier molecular flexibility index (Phi) is 6.83. The number of rotatable bonds is 8. The van der Waals surface area contributed by atoms with Crippen molar-refractivity contribution < 1.29 is 19.0 Å². The van der Waals surface area contributed by atoms with Crippen molar-refractivity contribution in [1.29, 1.82) is 0 Å². The van der Waals surface area contributed by atoms with Crippen molar-refractivity contribution in [2.45, 2.75) is 44.8 Å². The largest absolute Gasteiger partial charge is 0.493 e. The second-order valence-corrected chi connectivity index (χ2v) is 9.30. The molecule has 1 aromatic carbocycles. The summed E-state index contributed by atoms with van der Waals surface area (Å²) in [6.07, 6.45) is 7.33. The fraction of sp³-hybridized carbons (Fsp3) is 0.385. The number of carbonyl (C=O) groups is 1. The molecule has 4 heterocycles. The SMILES string of the molecule is COc1c(Cl)cccc1Nc1c(-c2ccncc2OCCC2CCCO2)[nH]c2c1C(=O)NC(C)C2. The summed E-state index contributed by atoms with van der Waals surface area (Å²) in [5, 5.41) is 6.92. The number of fused-ring (bicyclic) bond motifs is 1. The molecule has 0 spiro atoms. The molecule has 2 aliphatic rings. The molecule has 5 rings (SSSR count). The van der Waals surface area contributed by atoms with E-state index in [1.165, 1.54) is 0 Å². The van der Waals surface area contributed by atoms with E-state index < -0.39 is 0 Å². The second kappa shape index (κ2) is 10.2.